The predicted octanol–water partition coefficient (Wildman–Crippen LogP) is 5.39. The number of rotatable bonds is 9. The summed E-state index contributed by atoms with van der Waals surface area (Å²) < 4.78 is 35.6. The smallest absolute Gasteiger partial charge is 0.241 e. The molecule has 0 spiro atoms. The summed E-state index contributed by atoms with van der Waals surface area (Å²) in [5, 5.41) is 10.1. The third-order valence-corrected chi connectivity index (χ3v) is 9.13. The van der Waals surface area contributed by atoms with Crippen LogP contribution in [-0.2, 0) is 16.6 Å². The first-order valence-electron chi connectivity index (χ1n) is 13.4. The summed E-state index contributed by atoms with van der Waals surface area (Å²) in [4.78, 5) is 4.50. The molecule has 0 saturated carbocycles. The van der Waals surface area contributed by atoms with Gasteiger partial charge in [0.05, 0.1) is 23.3 Å². The standard InChI is InChI=1S/C31H31N5O3S2/c1-23-12-16-29(17-13-23)41(37,38)33-19-6-8-25-14-15-27(20-24(25)2)39-22-30-34-35-31(40-28-10-4-3-5-11-28)36(30)26-9-7-18-32-21-26/h4,7,9-10,12-18,20-21,28,33H,3,5,11,19,22H2,1-2H3. The zero-order chi connectivity index (χ0) is 28.7. The molecule has 1 unspecified atom stereocenters. The summed E-state index contributed by atoms with van der Waals surface area (Å²) in [6.45, 7) is 4.09. The fourth-order valence-corrected chi connectivity index (χ4v) is 6.39. The van der Waals surface area contributed by atoms with Crippen molar-refractivity contribution in [3.63, 3.8) is 0 Å². The van der Waals surface area contributed by atoms with E-state index in [9.17, 15) is 8.42 Å². The van der Waals surface area contributed by atoms with E-state index in [4.69, 9.17) is 4.74 Å². The van der Waals surface area contributed by atoms with Gasteiger partial charge in [-0.15, -0.1) is 10.2 Å². The Morgan fingerprint density at radius 2 is 1.98 bits per heavy atom. The first-order valence-corrected chi connectivity index (χ1v) is 15.7. The lowest BCUT2D eigenvalue weighted by Crippen LogP contribution is -2.23. The maximum Gasteiger partial charge on any atom is 0.241 e. The van der Waals surface area contributed by atoms with Crippen LogP contribution in [0.5, 0.6) is 5.75 Å². The van der Waals surface area contributed by atoms with Crippen molar-refractivity contribution in [2.45, 2.75) is 55.0 Å². The summed E-state index contributed by atoms with van der Waals surface area (Å²) >= 11 is 1.70. The molecule has 210 valence electrons. The van der Waals surface area contributed by atoms with Crippen LogP contribution >= 0.6 is 11.8 Å². The highest BCUT2D eigenvalue weighted by molar-refractivity contribution is 7.99. The minimum Gasteiger partial charge on any atom is -0.486 e. The number of thioether (sulfide) groups is 1. The van der Waals surface area contributed by atoms with Crippen LogP contribution < -0.4 is 9.46 Å². The highest BCUT2D eigenvalue weighted by Gasteiger charge is 2.19. The Kier molecular flexibility index (Phi) is 9.19. The Balaban J connectivity index is 1.24. The van der Waals surface area contributed by atoms with Crippen molar-refractivity contribution in [3.8, 4) is 23.3 Å². The molecule has 8 nitrogen and oxygen atoms in total. The van der Waals surface area contributed by atoms with Crippen LogP contribution in [0, 0.1) is 25.7 Å². The van der Waals surface area contributed by atoms with Gasteiger partial charge in [0.15, 0.2) is 11.0 Å². The summed E-state index contributed by atoms with van der Waals surface area (Å²) in [5.41, 5.74) is 3.60. The molecule has 0 amide bonds. The molecule has 4 aromatic rings. The van der Waals surface area contributed by atoms with Crippen molar-refractivity contribution in [1.82, 2.24) is 24.5 Å². The van der Waals surface area contributed by atoms with Crippen LogP contribution in [0.1, 0.15) is 41.8 Å². The second kappa shape index (κ2) is 13.2. The minimum absolute atomic E-state index is 0.00883. The maximum atomic E-state index is 12.5. The Morgan fingerprint density at radius 1 is 1.12 bits per heavy atom. The Bertz CT molecular complexity index is 1690. The summed E-state index contributed by atoms with van der Waals surface area (Å²) in [6, 6.07) is 16.2. The average Bonchev–Trinajstić information content (AvgIpc) is 3.38. The van der Waals surface area contributed by atoms with E-state index in [1.807, 2.05) is 48.7 Å². The van der Waals surface area contributed by atoms with E-state index in [0.717, 1.165) is 40.4 Å². The topological polar surface area (TPSA) is 99.0 Å². The lowest BCUT2D eigenvalue weighted by Gasteiger charge is -2.16. The summed E-state index contributed by atoms with van der Waals surface area (Å²) in [6.07, 6.45) is 11.4. The second-order valence-corrected chi connectivity index (χ2v) is 12.6. The third-order valence-electron chi connectivity index (χ3n) is 6.54. The van der Waals surface area contributed by atoms with Gasteiger partial charge in [0.25, 0.3) is 0 Å². The molecule has 1 aliphatic carbocycles. The van der Waals surface area contributed by atoms with Crippen molar-refractivity contribution in [3.05, 3.63) is 102 Å². The third kappa shape index (κ3) is 7.44. The fraction of sp³-hybridized carbons (Fsp3) is 0.258. The number of sulfonamides is 1. The molecule has 1 aliphatic rings. The van der Waals surface area contributed by atoms with E-state index in [-0.39, 0.29) is 18.0 Å². The van der Waals surface area contributed by atoms with Gasteiger partial charge in [-0.25, -0.2) is 8.42 Å². The van der Waals surface area contributed by atoms with Gasteiger partial charge >= 0.3 is 0 Å². The fourth-order valence-electron chi connectivity index (χ4n) is 4.32. The van der Waals surface area contributed by atoms with Crippen LogP contribution in [-0.4, -0.2) is 40.0 Å². The van der Waals surface area contributed by atoms with Crippen LogP contribution in [0.15, 0.2) is 89.2 Å². The molecule has 41 heavy (non-hydrogen) atoms. The van der Waals surface area contributed by atoms with E-state index in [2.05, 4.69) is 43.9 Å². The number of hydrogen-bond acceptors (Lipinski definition) is 7. The van der Waals surface area contributed by atoms with Gasteiger partial charge in [-0.1, -0.05) is 53.5 Å². The first-order chi connectivity index (χ1) is 19.9. The molecule has 2 aromatic carbocycles. The number of aromatic nitrogens is 4. The van der Waals surface area contributed by atoms with Gasteiger partial charge < -0.3 is 4.74 Å². The molecule has 1 N–H and O–H groups in total. The number of nitrogens with zero attached hydrogens (tertiary/aromatic N) is 4. The molecule has 2 aromatic heterocycles. The SMILES string of the molecule is Cc1ccc(S(=O)(=O)NCC#Cc2ccc(OCc3nnc(SC4C=CCCC4)n3-c3cccnc3)cc2C)cc1. The van der Waals surface area contributed by atoms with E-state index >= 15 is 0 Å². The number of pyridine rings is 1. The summed E-state index contributed by atoms with van der Waals surface area (Å²) in [5.74, 6) is 7.31. The quantitative estimate of drug-likeness (QED) is 0.208. The molecule has 0 bridgehead atoms. The monoisotopic (exact) mass is 585 g/mol. The minimum atomic E-state index is -3.61. The van der Waals surface area contributed by atoms with Crippen LogP contribution in [0.3, 0.4) is 0 Å². The molecule has 0 radical (unpaired) electrons. The number of ether oxygens (including phenoxy) is 1. The van der Waals surface area contributed by atoms with Crippen molar-refractivity contribution in [2.75, 3.05) is 6.54 Å². The number of benzene rings is 2. The summed E-state index contributed by atoms with van der Waals surface area (Å²) in [7, 11) is -3.61. The number of aryl methyl sites for hydroxylation is 2. The Hall–Kier alpha value is -3.91. The number of nitrogens with one attached hydrogen (secondary N) is 1. The van der Waals surface area contributed by atoms with Crippen molar-refractivity contribution in [1.29, 1.82) is 0 Å². The zero-order valence-corrected chi connectivity index (χ0v) is 24.6. The van der Waals surface area contributed by atoms with Crippen LogP contribution in [0.25, 0.3) is 5.69 Å². The lowest BCUT2D eigenvalue weighted by atomic mass is 10.1. The zero-order valence-electron chi connectivity index (χ0n) is 22.9. The maximum absolute atomic E-state index is 12.5. The highest BCUT2D eigenvalue weighted by Crippen LogP contribution is 2.31. The molecule has 0 aliphatic heterocycles. The Labute approximate surface area is 245 Å². The van der Waals surface area contributed by atoms with Gasteiger partial charge in [0, 0.05) is 17.0 Å². The Morgan fingerprint density at radius 3 is 2.71 bits per heavy atom. The van der Waals surface area contributed by atoms with Gasteiger partial charge in [-0.3, -0.25) is 9.55 Å². The largest absolute Gasteiger partial charge is 0.486 e. The normalized spacial score (nSPS) is 14.8. The second-order valence-electron chi connectivity index (χ2n) is 9.67. The van der Waals surface area contributed by atoms with Crippen molar-refractivity contribution < 1.29 is 13.2 Å². The van der Waals surface area contributed by atoms with Crippen LogP contribution in [0.2, 0.25) is 0 Å². The molecule has 1 atom stereocenters. The highest BCUT2D eigenvalue weighted by atomic mass is 32.2. The first kappa shape index (κ1) is 28.6. The lowest BCUT2D eigenvalue weighted by molar-refractivity contribution is 0.292. The van der Waals surface area contributed by atoms with Gasteiger partial charge in [-0.2, -0.15) is 4.72 Å². The van der Waals surface area contributed by atoms with Crippen molar-refractivity contribution in [2.24, 2.45) is 0 Å². The van der Waals surface area contributed by atoms with Gasteiger partial charge in [0.1, 0.15) is 12.4 Å². The number of allylic oxidation sites excluding steroid dienone is 1. The van der Waals surface area contributed by atoms with E-state index in [1.54, 1.807) is 48.4 Å². The molecular formula is C31H31N5O3S2. The van der Waals surface area contributed by atoms with E-state index in [0.29, 0.717) is 16.8 Å². The van der Waals surface area contributed by atoms with Gasteiger partial charge in [-0.05, 0) is 81.1 Å². The molecule has 10 heteroatoms. The molecule has 0 saturated heterocycles. The average molecular weight is 586 g/mol. The predicted molar refractivity (Wildman–Crippen MR) is 161 cm³/mol. The van der Waals surface area contributed by atoms with E-state index < -0.39 is 10.0 Å². The van der Waals surface area contributed by atoms with Gasteiger partial charge in [0.2, 0.25) is 10.0 Å². The molecular weight excluding hydrogens is 555 g/mol. The number of hydrogen-bond donors (Lipinski definition) is 1. The molecule has 2 heterocycles. The molecule has 5 rings (SSSR count). The molecule has 0 fully saturated rings. The van der Waals surface area contributed by atoms with Crippen molar-refractivity contribution >= 4 is 21.8 Å². The van der Waals surface area contributed by atoms with Crippen LogP contribution in [0.4, 0.5) is 0 Å². The van der Waals surface area contributed by atoms with E-state index in [1.165, 1.54) is 6.42 Å².